The second kappa shape index (κ2) is 5.43. The van der Waals surface area contributed by atoms with Gasteiger partial charge < -0.3 is 4.74 Å². The summed E-state index contributed by atoms with van der Waals surface area (Å²) in [6.45, 7) is 0. The SMILES string of the molecule is COC(=O)C1=NN(N=O)[C@@H]2C(=O)N(c3ccc(Cl)cc3)C(=O)[C@@H]12. The fraction of sp³-hybridized carbons (Fsp3) is 0.231. The minimum absolute atomic E-state index is 0.272. The molecule has 10 heteroatoms. The van der Waals surface area contributed by atoms with E-state index in [2.05, 4.69) is 15.1 Å². The van der Waals surface area contributed by atoms with Crippen LogP contribution >= 0.6 is 11.6 Å². The van der Waals surface area contributed by atoms with Gasteiger partial charge >= 0.3 is 5.97 Å². The third-order valence-electron chi connectivity index (χ3n) is 3.59. The number of hydrogen-bond donors (Lipinski definition) is 0. The Kier molecular flexibility index (Phi) is 3.57. The van der Waals surface area contributed by atoms with Crippen LogP contribution in [0.15, 0.2) is 34.7 Å². The Balaban J connectivity index is 2.03. The van der Waals surface area contributed by atoms with Gasteiger partial charge in [-0.2, -0.15) is 0 Å². The van der Waals surface area contributed by atoms with Crippen LogP contribution in [0.1, 0.15) is 0 Å². The Hall–Kier alpha value is -2.81. The highest BCUT2D eigenvalue weighted by atomic mass is 35.5. The molecule has 1 aromatic carbocycles. The van der Waals surface area contributed by atoms with Crippen molar-refractivity contribution in [1.29, 1.82) is 0 Å². The summed E-state index contributed by atoms with van der Waals surface area (Å²) in [5.41, 5.74) is -0.0548. The number of anilines is 1. The quantitative estimate of drug-likeness (QED) is 0.457. The highest BCUT2D eigenvalue weighted by Crippen LogP contribution is 2.35. The number of nitroso groups, excluding NO2 is 1. The Morgan fingerprint density at radius 1 is 1.26 bits per heavy atom. The van der Waals surface area contributed by atoms with Crippen LogP contribution in [0.5, 0.6) is 0 Å². The Labute approximate surface area is 134 Å². The second-order valence-electron chi connectivity index (χ2n) is 4.79. The van der Waals surface area contributed by atoms with E-state index in [1.165, 1.54) is 24.3 Å². The molecule has 0 aromatic heterocycles. The van der Waals surface area contributed by atoms with Crippen molar-refractivity contribution in [2.24, 2.45) is 16.3 Å². The molecule has 0 spiro atoms. The van der Waals surface area contributed by atoms with Gasteiger partial charge in [0, 0.05) is 5.02 Å². The number of halogens is 1. The highest BCUT2D eigenvalue weighted by Gasteiger charge is 2.59. The minimum Gasteiger partial charge on any atom is -0.464 e. The smallest absolute Gasteiger partial charge is 0.355 e. The van der Waals surface area contributed by atoms with E-state index in [1.54, 1.807) is 0 Å². The highest BCUT2D eigenvalue weighted by molar-refractivity contribution is 6.46. The van der Waals surface area contributed by atoms with Crippen LogP contribution in [0.4, 0.5) is 5.69 Å². The van der Waals surface area contributed by atoms with E-state index in [0.717, 1.165) is 12.0 Å². The summed E-state index contributed by atoms with van der Waals surface area (Å²) in [6.07, 6.45) is 0. The molecule has 0 aliphatic carbocycles. The number of fused-ring (bicyclic) bond motifs is 1. The summed E-state index contributed by atoms with van der Waals surface area (Å²) in [7, 11) is 1.11. The molecule has 9 nitrogen and oxygen atoms in total. The molecule has 2 amide bonds. The van der Waals surface area contributed by atoms with E-state index in [4.69, 9.17) is 11.6 Å². The minimum atomic E-state index is -1.29. The molecule has 2 aliphatic rings. The van der Waals surface area contributed by atoms with Crippen LogP contribution in [-0.2, 0) is 19.1 Å². The Bertz CT molecular complexity index is 747. The Morgan fingerprint density at radius 2 is 1.91 bits per heavy atom. The van der Waals surface area contributed by atoms with E-state index in [9.17, 15) is 19.3 Å². The van der Waals surface area contributed by atoms with Crippen LogP contribution in [-0.4, -0.2) is 41.8 Å². The van der Waals surface area contributed by atoms with Crippen molar-refractivity contribution in [3.63, 3.8) is 0 Å². The number of hydrazone groups is 1. The average Bonchev–Trinajstić information content (AvgIpc) is 3.05. The third-order valence-corrected chi connectivity index (χ3v) is 3.84. The predicted molar refractivity (Wildman–Crippen MR) is 78.3 cm³/mol. The molecule has 2 aliphatic heterocycles. The average molecular weight is 337 g/mol. The van der Waals surface area contributed by atoms with Crippen molar-refractivity contribution in [1.82, 2.24) is 5.12 Å². The summed E-state index contributed by atoms with van der Waals surface area (Å²) >= 11 is 5.78. The molecule has 1 fully saturated rings. The predicted octanol–water partition coefficient (Wildman–Crippen LogP) is 0.724. The number of rotatable bonds is 3. The molecule has 2 heterocycles. The molecule has 118 valence electrons. The van der Waals surface area contributed by atoms with Gasteiger partial charge in [0.25, 0.3) is 5.91 Å². The number of carbonyl (C=O) groups excluding carboxylic acids is 3. The van der Waals surface area contributed by atoms with E-state index in [-0.39, 0.29) is 11.4 Å². The number of methoxy groups -OCH3 is 1. The first-order valence-corrected chi connectivity index (χ1v) is 6.80. The first-order valence-electron chi connectivity index (χ1n) is 6.42. The van der Waals surface area contributed by atoms with Crippen LogP contribution in [0.25, 0.3) is 0 Å². The van der Waals surface area contributed by atoms with Crippen molar-refractivity contribution in [3.05, 3.63) is 34.2 Å². The van der Waals surface area contributed by atoms with Crippen LogP contribution < -0.4 is 4.90 Å². The number of esters is 1. The lowest BCUT2D eigenvalue weighted by molar-refractivity contribution is -0.133. The Morgan fingerprint density at radius 3 is 2.48 bits per heavy atom. The lowest BCUT2D eigenvalue weighted by atomic mass is 9.98. The standard InChI is InChI=1S/C13H9ClN4O5/c1-23-13(21)9-8-10(18(15-9)16-22)12(20)17(11(8)19)7-4-2-6(14)3-5-7/h2-5,8,10H,1H3/t8-,10-/m0/s1. The van der Waals surface area contributed by atoms with E-state index < -0.39 is 29.7 Å². The number of ether oxygens (including phenoxy) is 1. The molecule has 0 N–H and O–H groups in total. The number of benzene rings is 1. The number of carbonyl (C=O) groups is 3. The first-order chi connectivity index (χ1) is 11.0. The maximum Gasteiger partial charge on any atom is 0.355 e. The number of imide groups is 1. The number of nitrogens with zero attached hydrogens (tertiary/aromatic N) is 4. The van der Waals surface area contributed by atoms with Gasteiger partial charge in [-0.25, -0.2) is 9.69 Å². The number of amides is 2. The summed E-state index contributed by atoms with van der Waals surface area (Å²) in [6, 6.07) is 4.69. The molecule has 0 radical (unpaired) electrons. The van der Waals surface area contributed by atoms with Crippen LogP contribution in [0.3, 0.4) is 0 Å². The number of hydrogen-bond acceptors (Lipinski definition) is 7. The van der Waals surface area contributed by atoms with Crippen molar-refractivity contribution < 1.29 is 19.1 Å². The molecule has 0 unspecified atom stereocenters. The zero-order valence-electron chi connectivity index (χ0n) is 11.7. The van der Waals surface area contributed by atoms with Crippen LogP contribution in [0.2, 0.25) is 5.02 Å². The summed E-state index contributed by atoms with van der Waals surface area (Å²) in [5.74, 6) is -3.52. The van der Waals surface area contributed by atoms with Gasteiger partial charge in [0.15, 0.2) is 11.8 Å². The largest absolute Gasteiger partial charge is 0.464 e. The summed E-state index contributed by atoms with van der Waals surface area (Å²) in [4.78, 5) is 48.6. The van der Waals surface area contributed by atoms with Crippen molar-refractivity contribution in [2.45, 2.75) is 6.04 Å². The molecule has 3 rings (SSSR count). The van der Waals surface area contributed by atoms with Gasteiger partial charge in [-0.1, -0.05) is 11.6 Å². The fourth-order valence-electron chi connectivity index (χ4n) is 2.58. The zero-order chi connectivity index (χ0) is 16.7. The maximum absolute atomic E-state index is 12.6. The molecular weight excluding hydrogens is 328 g/mol. The van der Waals surface area contributed by atoms with Crippen LogP contribution in [0, 0.1) is 10.8 Å². The second-order valence-corrected chi connectivity index (χ2v) is 5.23. The van der Waals surface area contributed by atoms with E-state index in [1.807, 2.05) is 0 Å². The normalized spacial score (nSPS) is 23.0. The third kappa shape index (κ3) is 2.16. The molecule has 23 heavy (non-hydrogen) atoms. The van der Waals surface area contributed by atoms with Gasteiger partial charge in [0.2, 0.25) is 5.91 Å². The molecule has 2 atom stereocenters. The van der Waals surface area contributed by atoms with Gasteiger partial charge in [-0.15, -0.1) is 15.1 Å². The van der Waals surface area contributed by atoms with Gasteiger partial charge in [-0.3, -0.25) is 9.59 Å². The molecular formula is C13H9ClN4O5. The molecule has 1 aromatic rings. The van der Waals surface area contributed by atoms with Crippen molar-refractivity contribution in [3.8, 4) is 0 Å². The van der Waals surface area contributed by atoms with E-state index in [0.29, 0.717) is 10.1 Å². The monoisotopic (exact) mass is 336 g/mol. The molecule has 0 saturated carbocycles. The maximum atomic E-state index is 12.6. The van der Waals surface area contributed by atoms with Gasteiger partial charge in [0.05, 0.1) is 18.1 Å². The van der Waals surface area contributed by atoms with Crippen molar-refractivity contribution >= 4 is 40.8 Å². The topological polar surface area (TPSA) is 109 Å². The lowest BCUT2D eigenvalue weighted by Crippen LogP contribution is -2.36. The van der Waals surface area contributed by atoms with Gasteiger partial charge in [-0.05, 0) is 24.3 Å². The van der Waals surface area contributed by atoms with E-state index >= 15 is 0 Å². The summed E-state index contributed by atoms with van der Waals surface area (Å²) < 4.78 is 4.54. The first kappa shape index (κ1) is 15.1. The van der Waals surface area contributed by atoms with Gasteiger partial charge in [0.1, 0.15) is 5.92 Å². The zero-order valence-corrected chi connectivity index (χ0v) is 12.4. The summed E-state index contributed by atoms with van der Waals surface area (Å²) in [5, 5.41) is 7.16. The molecule has 0 bridgehead atoms. The lowest BCUT2D eigenvalue weighted by Gasteiger charge is -2.16. The molecule has 1 saturated heterocycles. The fourth-order valence-corrected chi connectivity index (χ4v) is 2.70. The van der Waals surface area contributed by atoms with Crippen molar-refractivity contribution in [2.75, 3.05) is 12.0 Å².